The molecule has 0 unspecified atom stereocenters. The molecule has 5 heteroatoms. The summed E-state index contributed by atoms with van der Waals surface area (Å²) >= 11 is 0. The van der Waals surface area contributed by atoms with Crippen LogP contribution in [0.1, 0.15) is 72.1 Å². The molecule has 0 aromatic carbocycles. The predicted molar refractivity (Wildman–Crippen MR) is 75.6 cm³/mol. The predicted octanol–water partition coefficient (Wildman–Crippen LogP) is 0.888. The van der Waals surface area contributed by atoms with Gasteiger partial charge in [0.2, 0.25) is 0 Å². The van der Waals surface area contributed by atoms with Crippen LogP contribution in [0.15, 0.2) is 0 Å². The number of carboxylic acid groups (broad SMARTS) is 2. The molecule has 0 aliphatic heterocycles. The van der Waals surface area contributed by atoms with Gasteiger partial charge in [-0.25, -0.2) is 0 Å². The largest absolute Gasteiger partial charge is 2.00 e. The monoisotopic (exact) mass is 294 g/mol. The smallest absolute Gasteiger partial charge is 0.549 e. The number of hydrogen-bond donors (Lipinski definition) is 0. The maximum Gasteiger partial charge on any atom is 2.00 e. The molecule has 112 valence electrons. The molecule has 0 aliphatic rings. The fourth-order valence-electron chi connectivity index (χ4n) is 2.41. The van der Waals surface area contributed by atoms with Gasteiger partial charge in [-0.2, -0.15) is 0 Å². The topological polar surface area (TPSA) is 80.3 Å². The molecule has 0 aromatic rings. The number of carboxylic acids is 2. The average Bonchev–Trinajstić information content (AvgIpc) is 2.31. The van der Waals surface area contributed by atoms with Gasteiger partial charge >= 0.3 is 23.1 Å². The van der Waals surface area contributed by atoms with Gasteiger partial charge in [0, 0.05) is 0 Å². The minimum absolute atomic E-state index is 0. The summed E-state index contributed by atoms with van der Waals surface area (Å²) in [6.07, 6.45) is 7.29. The zero-order chi connectivity index (χ0) is 14.9. The second kappa shape index (κ2) is 11.4. The average molecular weight is 295 g/mol. The molecular weight excluding hydrogens is 268 g/mol. The summed E-state index contributed by atoms with van der Waals surface area (Å²) in [5.74, 6) is -3.57. The van der Waals surface area contributed by atoms with Gasteiger partial charge in [0.1, 0.15) is 0 Å². The van der Waals surface area contributed by atoms with Crippen LogP contribution < -0.4 is 10.2 Å². The number of aliphatic carboxylic acids is 2. The van der Waals surface area contributed by atoms with E-state index in [1.165, 1.54) is 19.3 Å². The Morgan fingerprint density at radius 2 is 1.30 bits per heavy atom. The van der Waals surface area contributed by atoms with E-state index < -0.39 is 23.3 Å². The Balaban J connectivity index is 0. The van der Waals surface area contributed by atoms with Crippen LogP contribution in [0.3, 0.4) is 0 Å². The summed E-state index contributed by atoms with van der Waals surface area (Å²) in [6.45, 7) is 5.33. The zero-order valence-corrected chi connectivity index (χ0v) is 14.5. The summed E-state index contributed by atoms with van der Waals surface area (Å²) < 4.78 is 0. The van der Waals surface area contributed by atoms with E-state index in [1.807, 2.05) is 0 Å². The maximum atomic E-state index is 11.2. The van der Waals surface area contributed by atoms with Crippen molar-refractivity contribution in [3.05, 3.63) is 0 Å². The molecular formula is C15H26MgO4. The third-order valence-electron chi connectivity index (χ3n) is 3.89. The fourth-order valence-corrected chi connectivity index (χ4v) is 2.41. The first-order valence-electron chi connectivity index (χ1n) is 7.32. The zero-order valence-electron chi connectivity index (χ0n) is 13.1. The maximum absolute atomic E-state index is 11.2. The molecule has 0 aromatic heterocycles. The van der Waals surface area contributed by atoms with E-state index in [4.69, 9.17) is 0 Å². The van der Waals surface area contributed by atoms with Crippen molar-refractivity contribution >= 4 is 35.0 Å². The molecule has 0 radical (unpaired) electrons. The van der Waals surface area contributed by atoms with Gasteiger partial charge < -0.3 is 19.8 Å². The van der Waals surface area contributed by atoms with E-state index in [0.717, 1.165) is 19.3 Å². The quantitative estimate of drug-likeness (QED) is 0.322. The third kappa shape index (κ3) is 6.44. The van der Waals surface area contributed by atoms with Crippen molar-refractivity contribution in [2.24, 2.45) is 11.3 Å². The van der Waals surface area contributed by atoms with Crippen LogP contribution in [-0.4, -0.2) is 35.0 Å². The summed E-state index contributed by atoms with van der Waals surface area (Å²) in [5, 5.41) is 22.4. The molecule has 4 nitrogen and oxygen atoms in total. The van der Waals surface area contributed by atoms with Crippen LogP contribution in [0, 0.1) is 11.3 Å². The molecule has 0 bridgehead atoms. The number of carbonyl (C=O) groups excluding carboxylic acids is 2. The first-order valence-corrected chi connectivity index (χ1v) is 7.32. The summed E-state index contributed by atoms with van der Waals surface area (Å²) in [5.41, 5.74) is -1.84. The Labute approximate surface area is 138 Å². The Morgan fingerprint density at radius 1 is 0.900 bits per heavy atom. The molecule has 0 N–H and O–H groups in total. The summed E-state index contributed by atoms with van der Waals surface area (Å²) in [6, 6.07) is 0. The second-order valence-corrected chi connectivity index (χ2v) is 5.57. The SMILES string of the molecule is CCCCCCCCCC(C(=O)[O-])(C(=O)[O-])C(C)C.[Mg+2]. The number of hydrogen-bond acceptors (Lipinski definition) is 4. The molecule has 0 atom stereocenters. The standard InChI is InChI=1S/C15H28O4.Mg/c1-4-5-6-7-8-9-10-11-15(12(2)3,13(16)17)14(18)19;/h12H,4-11H2,1-3H3,(H,16,17)(H,18,19);/q;+2/p-2. The van der Waals surface area contributed by atoms with E-state index in [9.17, 15) is 19.8 Å². The van der Waals surface area contributed by atoms with Gasteiger partial charge in [-0.05, 0) is 12.3 Å². The summed E-state index contributed by atoms with van der Waals surface area (Å²) in [4.78, 5) is 22.4. The normalized spacial score (nSPS) is 11.2. The minimum atomic E-state index is -1.84. The third-order valence-corrected chi connectivity index (χ3v) is 3.89. The molecule has 0 heterocycles. The van der Waals surface area contributed by atoms with Crippen molar-refractivity contribution in [3.63, 3.8) is 0 Å². The molecule has 0 spiro atoms. The van der Waals surface area contributed by atoms with E-state index in [0.29, 0.717) is 6.42 Å². The molecule has 0 saturated heterocycles. The minimum Gasteiger partial charge on any atom is -0.549 e. The Kier molecular flexibility index (Phi) is 12.5. The van der Waals surface area contributed by atoms with Crippen LogP contribution in [0.4, 0.5) is 0 Å². The Hall–Kier alpha value is -0.294. The Bertz CT molecular complexity index is 276. The van der Waals surface area contributed by atoms with Crippen LogP contribution in [0.5, 0.6) is 0 Å². The van der Waals surface area contributed by atoms with Crippen LogP contribution in [0.25, 0.3) is 0 Å². The van der Waals surface area contributed by atoms with Gasteiger partial charge in [-0.3, -0.25) is 0 Å². The van der Waals surface area contributed by atoms with Crippen molar-refractivity contribution in [2.75, 3.05) is 0 Å². The van der Waals surface area contributed by atoms with Crippen molar-refractivity contribution < 1.29 is 19.8 Å². The van der Waals surface area contributed by atoms with E-state index in [1.54, 1.807) is 13.8 Å². The molecule has 0 fully saturated rings. The molecule has 20 heavy (non-hydrogen) atoms. The van der Waals surface area contributed by atoms with Gasteiger partial charge in [0.05, 0.1) is 17.4 Å². The van der Waals surface area contributed by atoms with Crippen LogP contribution >= 0.6 is 0 Å². The van der Waals surface area contributed by atoms with Gasteiger partial charge in [0.25, 0.3) is 0 Å². The first-order chi connectivity index (χ1) is 8.89. The molecule has 0 aliphatic carbocycles. The molecule has 0 saturated carbocycles. The van der Waals surface area contributed by atoms with Crippen LogP contribution in [-0.2, 0) is 9.59 Å². The summed E-state index contributed by atoms with van der Waals surface area (Å²) in [7, 11) is 0. The van der Waals surface area contributed by atoms with Crippen molar-refractivity contribution in [3.8, 4) is 0 Å². The van der Waals surface area contributed by atoms with Crippen molar-refractivity contribution in [1.82, 2.24) is 0 Å². The first kappa shape index (κ1) is 22.0. The van der Waals surface area contributed by atoms with Crippen LogP contribution in [0.2, 0.25) is 0 Å². The van der Waals surface area contributed by atoms with Gasteiger partial charge in [-0.15, -0.1) is 0 Å². The van der Waals surface area contributed by atoms with Gasteiger partial charge in [-0.1, -0.05) is 65.7 Å². The Morgan fingerprint density at radius 3 is 1.65 bits per heavy atom. The van der Waals surface area contributed by atoms with Gasteiger partial charge in [0.15, 0.2) is 0 Å². The second-order valence-electron chi connectivity index (χ2n) is 5.57. The number of unbranched alkanes of at least 4 members (excludes halogenated alkanes) is 6. The van der Waals surface area contributed by atoms with E-state index >= 15 is 0 Å². The van der Waals surface area contributed by atoms with E-state index in [2.05, 4.69) is 6.92 Å². The molecule has 0 rings (SSSR count). The van der Waals surface area contributed by atoms with Crippen molar-refractivity contribution in [1.29, 1.82) is 0 Å². The molecule has 0 amide bonds. The number of rotatable bonds is 11. The van der Waals surface area contributed by atoms with E-state index in [-0.39, 0.29) is 29.5 Å². The number of carbonyl (C=O) groups is 2. The van der Waals surface area contributed by atoms with Crippen molar-refractivity contribution in [2.45, 2.75) is 72.1 Å². The fraction of sp³-hybridized carbons (Fsp3) is 0.867.